The fourth-order valence-electron chi connectivity index (χ4n) is 3.25. The normalized spacial score (nSPS) is 19.2. The van der Waals surface area contributed by atoms with Crippen LogP contribution in [0.15, 0.2) is 28.2 Å². The number of carbonyl (C=O) groups is 1. The van der Waals surface area contributed by atoms with Crippen LogP contribution < -0.4 is 0 Å². The molecule has 2 aromatic rings. The Morgan fingerprint density at radius 1 is 1.19 bits per heavy atom. The number of aliphatic imine (C=N–C) groups is 2. The predicted molar refractivity (Wildman–Crippen MR) is 100 cm³/mol. The number of halogens is 2. The van der Waals surface area contributed by atoms with Gasteiger partial charge in [0, 0.05) is 18.7 Å². The van der Waals surface area contributed by atoms with E-state index in [0.717, 1.165) is 23.2 Å². The number of amidine groups is 1. The average molecular weight is 391 g/mol. The number of aromatic nitrogens is 3. The van der Waals surface area contributed by atoms with Gasteiger partial charge in [-0.1, -0.05) is 23.2 Å². The summed E-state index contributed by atoms with van der Waals surface area (Å²) in [7, 11) is 0. The van der Waals surface area contributed by atoms with Crippen molar-refractivity contribution in [2.75, 3.05) is 13.1 Å². The van der Waals surface area contributed by atoms with Gasteiger partial charge in [0.1, 0.15) is 11.5 Å². The second-order valence-corrected chi connectivity index (χ2v) is 7.07. The van der Waals surface area contributed by atoms with E-state index in [2.05, 4.69) is 20.2 Å². The van der Waals surface area contributed by atoms with Crippen molar-refractivity contribution in [1.29, 1.82) is 0 Å². The molecule has 2 aliphatic heterocycles. The lowest BCUT2D eigenvalue weighted by Gasteiger charge is -2.33. The van der Waals surface area contributed by atoms with Crippen molar-refractivity contribution in [3.8, 4) is 0 Å². The first-order chi connectivity index (χ1) is 12.5. The SMILES string of the molecule is CC1=NCC(c2nnc3n2CCN(C(=O)c2ccc(Cl)c(Cl)c2)[C@@H]3C)=N1. The third-order valence-corrected chi connectivity index (χ3v) is 5.36. The molecule has 2 aliphatic rings. The highest BCUT2D eigenvalue weighted by molar-refractivity contribution is 6.42. The summed E-state index contributed by atoms with van der Waals surface area (Å²) in [5, 5.41) is 9.38. The maximum atomic E-state index is 12.9. The first kappa shape index (κ1) is 17.2. The molecule has 0 aliphatic carbocycles. The number of hydrogen-bond donors (Lipinski definition) is 0. The van der Waals surface area contributed by atoms with E-state index in [4.69, 9.17) is 23.2 Å². The Kier molecular flexibility index (Phi) is 4.28. The van der Waals surface area contributed by atoms with Crippen molar-refractivity contribution in [2.24, 2.45) is 9.98 Å². The Balaban J connectivity index is 1.61. The highest BCUT2D eigenvalue weighted by Gasteiger charge is 2.33. The van der Waals surface area contributed by atoms with Gasteiger partial charge in [-0.3, -0.25) is 9.79 Å². The third kappa shape index (κ3) is 2.81. The predicted octanol–water partition coefficient (Wildman–Crippen LogP) is 3.02. The maximum absolute atomic E-state index is 12.9. The molecule has 1 aromatic heterocycles. The Morgan fingerprint density at radius 3 is 2.69 bits per heavy atom. The number of benzene rings is 1. The Bertz CT molecular complexity index is 964. The van der Waals surface area contributed by atoms with Crippen LogP contribution in [-0.2, 0) is 6.54 Å². The molecule has 9 heteroatoms. The van der Waals surface area contributed by atoms with Crippen LogP contribution >= 0.6 is 23.2 Å². The molecule has 0 saturated heterocycles. The molecule has 4 rings (SSSR count). The van der Waals surface area contributed by atoms with Crippen molar-refractivity contribution in [1.82, 2.24) is 19.7 Å². The summed E-state index contributed by atoms with van der Waals surface area (Å²) in [5.41, 5.74) is 1.32. The summed E-state index contributed by atoms with van der Waals surface area (Å²) >= 11 is 12.0. The van der Waals surface area contributed by atoms with Gasteiger partial charge < -0.3 is 9.47 Å². The minimum absolute atomic E-state index is 0.107. The molecule has 7 nitrogen and oxygen atoms in total. The molecule has 0 radical (unpaired) electrons. The molecule has 0 bridgehead atoms. The van der Waals surface area contributed by atoms with Gasteiger partial charge >= 0.3 is 0 Å². The molecule has 3 heterocycles. The Labute approximate surface area is 160 Å². The quantitative estimate of drug-likeness (QED) is 0.790. The summed E-state index contributed by atoms with van der Waals surface area (Å²) in [6.07, 6.45) is 0. The fraction of sp³-hybridized carbons (Fsp3) is 0.353. The zero-order chi connectivity index (χ0) is 18.4. The fourth-order valence-corrected chi connectivity index (χ4v) is 3.55. The lowest BCUT2D eigenvalue weighted by Crippen LogP contribution is -2.41. The zero-order valence-electron chi connectivity index (χ0n) is 14.3. The van der Waals surface area contributed by atoms with E-state index >= 15 is 0 Å². The summed E-state index contributed by atoms with van der Waals surface area (Å²) < 4.78 is 2.02. The van der Waals surface area contributed by atoms with Gasteiger partial charge in [-0.15, -0.1) is 10.2 Å². The molecule has 0 N–H and O–H groups in total. The smallest absolute Gasteiger partial charge is 0.254 e. The number of nitrogens with zero attached hydrogens (tertiary/aromatic N) is 6. The van der Waals surface area contributed by atoms with Crippen molar-refractivity contribution >= 4 is 40.7 Å². The molecule has 134 valence electrons. The number of rotatable bonds is 2. The van der Waals surface area contributed by atoms with E-state index in [-0.39, 0.29) is 11.9 Å². The lowest BCUT2D eigenvalue weighted by atomic mass is 10.1. The maximum Gasteiger partial charge on any atom is 0.254 e. The molecule has 0 saturated carbocycles. The van der Waals surface area contributed by atoms with Crippen LogP contribution in [0.1, 0.15) is 41.9 Å². The summed E-state index contributed by atoms with van der Waals surface area (Å²) in [4.78, 5) is 23.4. The van der Waals surface area contributed by atoms with Crippen LogP contribution in [0.2, 0.25) is 10.0 Å². The van der Waals surface area contributed by atoms with Gasteiger partial charge in [-0.2, -0.15) is 0 Å². The van der Waals surface area contributed by atoms with E-state index in [9.17, 15) is 4.79 Å². The lowest BCUT2D eigenvalue weighted by molar-refractivity contribution is 0.0637. The molecule has 1 amide bonds. The molecule has 26 heavy (non-hydrogen) atoms. The van der Waals surface area contributed by atoms with E-state index < -0.39 is 0 Å². The van der Waals surface area contributed by atoms with Gasteiger partial charge in [-0.05, 0) is 32.0 Å². The third-order valence-electron chi connectivity index (χ3n) is 4.63. The van der Waals surface area contributed by atoms with E-state index in [1.807, 2.05) is 18.4 Å². The first-order valence-corrected chi connectivity index (χ1v) is 8.99. The number of carbonyl (C=O) groups excluding carboxylic acids is 1. The van der Waals surface area contributed by atoms with Gasteiger partial charge in [-0.25, -0.2) is 4.99 Å². The van der Waals surface area contributed by atoms with Crippen molar-refractivity contribution in [3.63, 3.8) is 0 Å². The van der Waals surface area contributed by atoms with Gasteiger partial charge in [0.2, 0.25) is 0 Å². The van der Waals surface area contributed by atoms with Crippen molar-refractivity contribution < 1.29 is 4.79 Å². The summed E-state index contributed by atoms with van der Waals surface area (Å²) in [6.45, 7) is 5.47. The number of fused-ring (bicyclic) bond motifs is 1. The minimum atomic E-state index is -0.212. The zero-order valence-corrected chi connectivity index (χ0v) is 15.8. The molecular weight excluding hydrogens is 375 g/mol. The monoisotopic (exact) mass is 390 g/mol. The molecule has 1 atom stereocenters. The van der Waals surface area contributed by atoms with Crippen LogP contribution in [0, 0.1) is 0 Å². The number of amides is 1. The topological polar surface area (TPSA) is 75.7 Å². The average Bonchev–Trinajstić information content (AvgIpc) is 3.23. The molecule has 1 aromatic carbocycles. The van der Waals surface area contributed by atoms with Crippen molar-refractivity contribution in [2.45, 2.75) is 26.4 Å². The van der Waals surface area contributed by atoms with Crippen LogP contribution in [0.3, 0.4) is 0 Å². The second kappa shape index (κ2) is 6.48. The Morgan fingerprint density at radius 2 is 2.00 bits per heavy atom. The molecule has 0 unspecified atom stereocenters. The second-order valence-electron chi connectivity index (χ2n) is 6.26. The van der Waals surface area contributed by atoms with Crippen LogP contribution in [0.5, 0.6) is 0 Å². The van der Waals surface area contributed by atoms with E-state index in [0.29, 0.717) is 35.2 Å². The summed E-state index contributed by atoms with van der Waals surface area (Å²) in [6, 6.07) is 4.70. The molecule has 0 fully saturated rings. The van der Waals surface area contributed by atoms with E-state index in [1.165, 1.54) is 0 Å². The molecular formula is C17H16Cl2N6O. The standard InChI is InChI=1S/C17H16Cl2N6O/c1-9-15-22-23-16(14-8-20-10(2)21-14)25(15)6-5-24(9)17(26)11-3-4-12(18)13(19)7-11/h3-4,7,9H,5-6,8H2,1-2H3/t9-/m1/s1. The van der Waals surface area contributed by atoms with Crippen LogP contribution in [-0.4, -0.2) is 50.2 Å². The minimum Gasteiger partial charge on any atom is -0.327 e. The highest BCUT2D eigenvalue weighted by Crippen LogP contribution is 2.28. The Hall–Kier alpha value is -2.25. The highest BCUT2D eigenvalue weighted by atomic mass is 35.5. The van der Waals surface area contributed by atoms with E-state index in [1.54, 1.807) is 23.1 Å². The molecule has 0 spiro atoms. The van der Waals surface area contributed by atoms with Gasteiger partial charge in [0.15, 0.2) is 11.6 Å². The van der Waals surface area contributed by atoms with Gasteiger partial charge in [0.25, 0.3) is 5.91 Å². The van der Waals surface area contributed by atoms with Gasteiger partial charge in [0.05, 0.1) is 22.6 Å². The van der Waals surface area contributed by atoms with Crippen molar-refractivity contribution in [3.05, 3.63) is 45.5 Å². The van der Waals surface area contributed by atoms with Crippen LogP contribution in [0.25, 0.3) is 0 Å². The first-order valence-electron chi connectivity index (χ1n) is 8.24. The van der Waals surface area contributed by atoms with Crippen LogP contribution in [0.4, 0.5) is 0 Å². The largest absolute Gasteiger partial charge is 0.327 e. The summed E-state index contributed by atoms with van der Waals surface area (Å²) in [5.74, 6) is 2.11. The number of hydrogen-bond acceptors (Lipinski definition) is 5.